The van der Waals surface area contributed by atoms with E-state index in [1.54, 1.807) is 4.31 Å². The van der Waals surface area contributed by atoms with Gasteiger partial charge < -0.3 is 10.6 Å². The molecular weight excluding hydrogens is 424 g/mol. The molecule has 2 aliphatic rings. The van der Waals surface area contributed by atoms with E-state index in [9.17, 15) is 13.2 Å². The van der Waals surface area contributed by atoms with Gasteiger partial charge in [-0.2, -0.15) is 0 Å². The zero-order valence-corrected chi connectivity index (χ0v) is 20.9. The molecule has 1 aliphatic carbocycles. The SMILES string of the molecule is CCCN(CC1CCN(S(C)(=O)=O)CC1)C1CCc2ccc(NC(=O)NC(C)C)cc2C1. The molecule has 180 valence electrons. The van der Waals surface area contributed by atoms with Gasteiger partial charge in [-0.05, 0) is 88.1 Å². The molecule has 0 spiro atoms. The molecule has 2 amide bonds. The Labute approximate surface area is 194 Å². The number of nitrogens with one attached hydrogen (secondary N) is 2. The second-order valence-corrected chi connectivity index (χ2v) is 11.7. The van der Waals surface area contributed by atoms with Crippen LogP contribution in [0.5, 0.6) is 0 Å². The van der Waals surface area contributed by atoms with Crippen LogP contribution in [0.4, 0.5) is 10.5 Å². The minimum absolute atomic E-state index is 0.101. The maximum Gasteiger partial charge on any atom is 0.319 e. The van der Waals surface area contributed by atoms with E-state index in [0.29, 0.717) is 25.0 Å². The molecule has 1 aromatic carbocycles. The topological polar surface area (TPSA) is 81.8 Å². The molecule has 0 saturated carbocycles. The Morgan fingerprint density at radius 2 is 1.91 bits per heavy atom. The van der Waals surface area contributed by atoms with Crippen LogP contribution in [-0.2, 0) is 22.9 Å². The minimum Gasteiger partial charge on any atom is -0.336 e. The van der Waals surface area contributed by atoms with Gasteiger partial charge in [0.25, 0.3) is 0 Å². The third-order valence-electron chi connectivity index (χ3n) is 6.65. The van der Waals surface area contributed by atoms with Crippen molar-refractivity contribution in [1.29, 1.82) is 0 Å². The van der Waals surface area contributed by atoms with E-state index < -0.39 is 10.0 Å². The van der Waals surface area contributed by atoms with Gasteiger partial charge in [-0.15, -0.1) is 0 Å². The Morgan fingerprint density at radius 1 is 1.19 bits per heavy atom. The van der Waals surface area contributed by atoms with Crippen molar-refractivity contribution in [3.63, 3.8) is 0 Å². The highest BCUT2D eigenvalue weighted by Gasteiger charge is 2.29. The van der Waals surface area contributed by atoms with E-state index in [1.165, 1.54) is 17.4 Å². The summed E-state index contributed by atoms with van der Waals surface area (Å²) >= 11 is 0. The first-order valence-corrected chi connectivity index (χ1v) is 13.9. The lowest BCUT2D eigenvalue weighted by Gasteiger charge is -2.39. The molecule has 0 bridgehead atoms. The first kappa shape index (κ1) is 25.0. The number of carbonyl (C=O) groups is 1. The van der Waals surface area contributed by atoms with E-state index in [-0.39, 0.29) is 12.1 Å². The fourth-order valence-electron chi connectivity index (χ4n) is 5.02. The number of anilines is 1. The van der Waals surface area contributed by atoms with Crippen LogP contribution in [-0.4, -0.2) is 68.2 Å². The zero-order chi connectivity index (χ0) is 23.3. The Balaban J connectivity index is 1.62. The Kier molecular flexibility index (Phi) is 8.58. The van der Waals surface area contributed by atoms with Crippen LogP contribution in [0, 0.1) is 5.92 Å². The van der Waals surface area contributed by atoms with Gasteiger partial charge in [-0.1, -0.05) is 13.0 Å². The van der Waals surface area contributed by atoms with Gasteiger partial charge in [-0.25, -0.2) is 17.5 Å². The second-order valence-electron chi connectivity index (χ2n) is 9.73. The van der Waals surface area contributed by atoms with Gasteiger partial charge >= 0.3 is 6.03 Å². The van der Waals surface area contributed by atoms with Crippen molar-refractivity contribution < 1.29 is 13.2 Å². The maximum atomic E-state index is 12.1. The van der Waals surface area contributed by atoms with Gasteiger partial charge in [0.05, 0.1) is 6.26 Å². The molecule has 1 aromatic rings. The molecule has 1 unspecified atom stereocenters. The normalized spacial score (nSPS) is 20.4. The number of carbonyl (C=O) groups excluding carboxylic acids is 1. The van der Waals surface area contributed by atoms with E-state index in [2.05, 4.69) is 34.6 Å². The van der Waals surface area contributed by atoms with Crippen LogP contribution in [0.1, 0.15) is 57.6 Å². The smallest absolute Gasteiger partial charge is 0.319 e. The van der Waals surface area contributed by atoms with Crippen molar-refractivity contribution in [1.82, 2.24) is 14.5 Å². The number of hydrogen-bond donors (Lipinski definition) is 2. The molecule has 1 aliphatic heterocycles. The van der Waals surface area contributed by atoms with E-state index in [0.717, 1.165) is 57.3 Å². The minimum atomic E-state index is -3.08. The first-order valence-electron chi connectivity index (χ1n) is 12.0. The lowest BCUT2D eigenvalue weighted by atomic mass is 9.86. The number of nitrogens with zero attached hydrogens (tertiary/aromatic N) is 2. The Bertz CT molecular complexity index is 879. The number of rotatable bonds is 8. The standard InChI is InChI=1S/C24H40N4O3S/c1-5-12-27(17-19-10-13-28(14-11-19)32(4,30)31)23-9-7-20-6-8-22(15-21(20)16-23)26-24(29)25-18(2)3/h6,8,15,18-19,23H,5,7,9-14,16-17H2,1-4H3,(H2,25,26,29). The predicted octanol–water partition coefficient (Wildman–Crippen LogP) is 3.46. The number of piperidine rings is 1. The molecule has 7 nitrogen and oxygen atoms in total. The summed E-state index contributed by atoms with van der Waals surface area (Å²) in [5.41, 5.74) is 3.56. The van der Waals surface area contributed by atoms with Crippen LogP contribution in [0.2, 0.25) is 0 Å². The molecule has 2 N–H and O–H groups in total. The largest absolute Gasteiger partial charge is 0.336 e. The van der Waals surface area contributed by atoms with Gasteiger partial charge in [0.15, 0.2) is 0 Å². The highest BCUT2D eigenvalue weighted by Crippen LogP contribution is 2.29. The maximum absolute atomic E-state index is 12.1. The van der Waals surface area contributed by atoms with Crippen LogP contribution >= 0.6 is 0 Å². The number of amides is 2. The predicted molar refractivity (Wildman–Crippen MR) is 131 cm³/mol. The van der Waals surface area contributed by atoms with Gasteiger partial charge in [-0.3, -0.25) is 4.90 Å². The van der Waals surface area contributed by atoms with Gasteiger partial charge in [0.1, 0.15) is 0 Å². The van der Waals surface area contributed by atoms with Crippen LogP contribution in [0.3, 0.4) is 0 Å². The van der Waals surface area contributed by atoms with E-state index in [4.69, 9.17) is 0 Å². The molecule has 3 rings (SSSR count). The summed E-state index contributed by atoms with van der Waals surface area (Å²) in [6.45, 7) is 9.52. The second kappa shape index (κ2) is 11.0. The van der Waals surface area contributed by atoms with Crippen molar-refractivity contribution in [3.05, 3.63) is 29.3 Å². The highest BCUT2D eigenvalue weighted by atomic mass is 32.2. The summed E-state index contributed by atoms with van der Waals surface area (Å²) in [6.07, 6.45) is 7.51. The molecule has 0 radical (unpaired) electrons. The number of sulfonamides is 1. The summed E-state index contributed by atoms with van der Waals surface area (Å²) in [5, 5.41) is 5.83. The van der Waals surface area contributed by atoms with Crippen LogP contribution < -0.4 is 10.6 Å². The number of urea groups is 1. The lowest BCUT2D eigenvalue weighted by Crippen LogP contribution is -2.45. The quantitative estimate of drug-likeness (QED) is 0.617. The van der Waals surface area contributed by atoms with Crippen molar-refractivity contribution >= 4 is 21.7 Å². The first-order chi connectivity index (χ1) is 15.2. The van der Waals surface area contributed by atoms with E-state index >= 15 is 0 Å². The molecule has 1 fully saturated rings. The summed E-state index contributed by atoms with van der Waals surface area (Å²) in [4.78, 5) is 14.7. The fourth-order valence-corrected chi connectivity index (χ4v) is 5.90. The van der Waals surface area contributed by atoms with Crippen LogP contribution in [0.25, 0.3) is 0 Å². The zero-order valence-electron chi connectivity index (χ0n) is 20.1. The monoisotopic (exact) mass is 464 g/mol. The average molecular weight is 465 g/mol. The summed E-state index contributed by atoms with van der Waals surface area (Å²) < 4.78 is 25.2. The fraction of sp³-hybridized carbons (Fsp3) is 0.708. The van der Waals surface area contributed by atoms with Crippen LogP contribution in [0.15, 0.2) is 18.2 Å². The molecule has 1 heterocycles. The van der Waals surface area contributed by atoms with Crippen molar-refractivity contribution in [2.45, 2.75) is 71.4 Å². The Hall–Kier alpha value is -1.64. The molecule has 8 heteroatoms. The van der Waals surface area contributed by atoms with Gasteiger partial charge in [0.2, 0.25) is 10.0 Å². The van der Waals surface area contributed by atoms with Crippen molar-refractivity contribution in [3.8, 4) is 0 Å². The molecule has 1 atom stereocenters. The number of aryl methyl sites for hydroxylation is 1. The summed E-state index contributed by atoms with van der Waals surface area (Å²) in [5.74, 6) is 0.550. The summed E-state index contributed by atoms with van der Waals surface area (Å²) in [7, 11) is -3.08. The molecular formula is C24H40N4O3S. The Morgan fingerprint density at radius 3 is 2.53 bits per heavy atom. The summed E-state index contributed by atoms with van der Waals surface area (Å²) in [6, 6.07) is 6.72. The highest BCUT2D eigenvalue weighted by molar-refractivity contribution is 7.88. The third-order valence-corrected chi connectivity index (χ3v) is 7.95. The lowest BCUT2D eigenvalue weighted by molar-refractivity contribution is 0.129. The number of fused-ring (bicyclic) bond motifs is 1. The van der Waals surface area contributed by atoms with E-state index in [1.807, 2.05) is 19.9 Å². The number of benzene rings is 1. The molecule has 0 aromatic heterocycles. The number of hydrogen-bond acceptors (Lipinski definition) is 4. The average Bonchev–Trinajstić information content (AvgIpc) is 2.72. The third kappa shape index (κ3) is 6.93. The van der Waals surface area contributed by atoms with Crippen molar-refractivity contribution in [2.75, 3.05) is 37.8 Å². The molecule has 1 saturated heterocycles. The van der Waals surface area contributed by atoms with Crippen molar-refractivity contribution in [2.24, 2.45) is 5.92 Å². The molecule has 32 heavy (non-hydrogen) atoms. The van der Waals surface area contributed by atoms with Gasteiger partial charge in [0, 0.05) is 37.4 Å².